The smallest absolute Gasteiger partial charge is 0.452 e. The van der Waals surface area contributed by atoms with E-state index in [2.05, 4.69) is 20.0 Å². The molecule has 0 radical (unpaired) electrons. The van der Waals surface area contributed by atoms with Crippen LogP contribution in [0.2, 0.25) is 0 Å². The van der Waals surface area contributed by atoms with Crippen molar-refractivity contribution < 1.29 is 36.2 Å². The molecule has 44 heavy (non-hydrogen) atoms. The molecule has 1 aliphatic heterocycles. The summed E-state index contributed by atoms with van der Waals surface area (Å²) in [7, 11) is -4.14. The zero-order valence-electron chi connectivity index (χ0n) is 23.5. The molecule has 0 bridgehead atoms. The molecule has 1 saturated carbocycles. The standard InChI is InChI=1S/C29H25F3N6O5S/c1-16-4-5-18(22(12-24(39)40)21-6-9-38-25(17(21)2)35-36-27(38)29(30,31)32)10-19(16)14-37-15-28(7-8-28)43-26-23(44(37,41)42)11-20(33-3)13-34-26/h4-6,9-11,13,22H,7-8,12,14-15H2,1-2H3,(H,39,40)/t22-/m0/s1. The Morgan fingerprint density at radius 2 is 1.95 bits per heavy atom. The molecule has 2 aliphatic rings. The number of carboxylic acids is 1. The molecule has 4 heterocycles. The maximum atomic E-state index is 13.9. The second kappa shape index (κ2) is 10.3. The van der Waals surface area contributed by atoms with E-state index in [1.165, 1.54) is 28.8 Å². The fraction of sp³-hybridized carbons (Fsp3) is 0.345. The number of halogens is 3. The van der Waals surface area contributed by atoms with Crippen molar-refractivity contribution >= 4 is 27.3 Å². The molecule has 3 aromatic heterocycles. The minimum Gasteiger partial charge on any atom is -0.481 e. The number of rotatable bonds is 6. The van der Waals surface area contributed by atoms with Crippen LogP contribution < -0.4 is 4.74 Å². The third-order valence-corrected chi connectivity index (χ3v) is 9.92. The van der Waals surface area contributed by atoms with Crippen molar-refractivity contribution in [2.24, 2.45) is 0 Å². The lowest BCUT2D eigenvalue weighted by molar-refractivity contribution is -0.145. The van der Waals surface area contributed by atoms with Gasteiger partial charge in [-0.3, -0.25) is 9.20 Å². The number of alkyl halides is 3. The molecule has 1 aliphatic carbocycles. The number of aromatic nitrogens is 4. The minimum atomic E-state index is -4.73. The lowest BCUT2D eigenvalue weighted by Crippen LogP contribution is -2.38. The number of hydrogen-bond donors (Lipinski definition) is 1. The summed E-state index contributed by atoms with van der Waals surface area (Å²) >= 11 is 0. The first-order valence-corrected chi connectivity index (χ1v) is 15.0. The van der Waals surface area contributed by atoms with Gasteiger partial charge in [0, 0.05) is 24.9 Å². The van der Waals surface area contributed by atoms with Crippen molar-refractivity contribution in [3.05, 3.63) is 87.8 Å². The second-order valence-corrected chi connectivity index (χ2v) is 13.0. The van der Waals surface area contributed by atoms with Gasteiger partial charge in [-0.25, -0.2) is 18.2 Å². The number of hydrogen-bond acceptors (Lipinski definition) is 7. The minimum absolute atomic E-state index is 0.0441. The number of nitrogens with zero attached hydrogens (tertiary/aromatic N) is 6. The number of carboxylic acid groups (broad SMARTS) is 1. The first-order chi connectivity index (χ1) is 20.7. The molecule has 1 fully saturated rings. The summed E-state index contributed by atoms with van der Waals surface area (Å²) in [5, 5.41) is 16.8. The van der Waals surface area contributed by atoms with Crippen molar-refractivity contribution in [3.63, 3.8) is 0 Å². The predicted molar refractivity (Wildman–Crippen MR) is 149 cm³/mol. The normalized spacial score (nSPS) is 17.8. The Balaban J connectivity index is 1.41. The monoisotopic (exact) mass is 626 g/mol. The quantitative estimate of drug-likeness (QED) is 0.295. The fourth-order valence-electron chi connectivity index (χ4n) is 5.59. The van der Waals surface area contributed by atoms with Crippen LogP contribution in [0.4, 0.5) is 18.9 Å². The zero-order chi connectivity index (χ0) is 31.6. The van der Waals surface area contributed by atoms with Gasteiger partial charge >= 0.3 is 12.1 Å². The highest BCUT2D eigenvalue weighted by Gasteiger charge is 2.52. The van der Waals surface area contributed by atoms with E-state index in [0.717, 1.165) is 9.96 Å². The van der Waals surface area contributed by atoms with E-state index >= 15 is 0 Å². The summed E-state index contributed by atoms with van der Waals surface area (Å²) in [6, 6.07) is 7.89. The molecule has 1 spiro atoms. The molecule has 0 amide bonds. The van der Waals surface area contributed by atoms with E-state index in [-0.39, 0.29) is 41.6 Å². The first-order valence-electron chi connectivity index (χ1n) is 13.5. The van der Waals surface area contributed by atoms with Crippen LogP contribution in [0.15, 0.2) is 47.6 Å². The van der Waals surface area contributed by atoms with Crippen molar-refractivity contribution in [2.45, 2.75) is 62.2 Å². The SMILES string of the molecule is [C-]#[N+]c1cnc2c(c1)S(=O)(=O)N(Cc1cc([C@H](CC(=O)O)c3ccn4c(C(F)(F)F)nnc4c3C)ccc1C)CC1(CC1)O2. The second-order valence-electron chi connectivity index (χ2n) is 11.1. The Hall–Kier alpha value is -4.55. The van der Waals surface area contributed by atoms with E-state index in [1.807, 2.05) is 0 Å². The van der Waals surface area contributed by atoms with Crippen LogP contribution in [0.5, 0.6) is 5.88 Å². The number of aryl methyl sites for hydroxylation is 2. The van der Waals surface area contributed by atoms with Gasteiger partial charge in [-0.2, -0.15) is 17.5 Å². The molecule has 11 nitrogen and oxygen atoms in total. The number of pyridine rings is 2. The average molecular weight is 627 g/mol. The molecule has 15 heteroatoms. The number of aliphatic carboxylic acids is 1. The first kappa shape index (κ1) is 29.5. The summed E-state index contributed by atoms with van der Waals surface area (Å²) in [6.07, 6.45) is -1.41. The third-order valence-electron chi connectivity index (χ3n) is 8.13. The van der Waals surface area contributed by atoms with Crippen LogP contribution in [0, 0.1) is 20.4 Å². The molecule has 0 unspecified atom stereocenters. The number of benzene rings is 1. The zero-order valence-corrected chi connectivity index (χ0v) is 24.3. The topological polar surface area (TPSA) is 131 Å². The van der Waals surface area contributed by atoms with Gasteiger partial charge in [0.05, 0.1) is 19.5 Å². The van der Waals surface area contributed by atoms with Gasteiger partial charge in [-0.05, 0) is 66.6 Å². The van der Waals surface area contributed by atoms with Crippen molar-refractivity contribution in [2.75, 3.05) is 6.54 Å². The van der Waals surface area contributed by atoms with Gasteiger partial charge in [0.15, 0.2) is 5.65 Å². The third kappa shape index (κ3) is 5.13. The van der Waals surface area contributed by atoms with Gasteiger partial charge in [-0.15, -0.1) is 10.2 Å². The number of sulfonamides is 1. The van der Waals surface area contributed by atoms with Crippen molar-refractivity contribution in [1.82, 2.24) is 23.9 Å². The van der Waals surface area contributed by atoms with Crippen LogP contribution in [-0.4, -0.2) is 55.5 Å². The molecule has 4 aromatic rings. The number of carbonyl (C=O) groups is 1. The van der Waals surface area contributed by atoms with Crippen LogP contribution in [0.1, 0.15) is 58.8 Å². The molecule has 228 valence electrons. The molecular formula is C29H25F3N6O5S. The summed E-state index contributed by atoms with van der Waals surface area (Å²) in [5.41, 5.74) is 1.97. The highest BCUT2D eigenvalue weighted by atomic mass is 32.2. The molecule has 1 aromatic carbocycles. The number of fused-ring (bicyclic) bond motifs is 2. The largest absolute Gasteiger partial charge is 0.481 e. The van der Waals surface area contributed by atoms with E-state index in [9.17, 15) is 31.5 Å². The summed E-state index contributed by atoms with van der Waals surface area (Å²) in [4.78, 5) is 19.2. The Kier molecular flexibility index (Phi) is 6.89. The van der Waals surface area contributed by atoms with Crippen molar-refractivity contribution in [3.8, 4) is 5.88 Å². The van der Waals surface area contributed by atoms with E-state index in [0.29, 0.717) is 35.1 Å². The molecule has 1 N–H and O–H groups in total. The van der Waals surface area contributed by atoms with Crippen LogP contribution in [-0.2, 0) is 27.5 Å². The highest BCUT2D eigenvalue weighted by molar-refractivity contribution is 7.89. The van der Waals surface area contributed by atoms with E-state index < -0.39 is 39.5 Å². The fourth-order valence-corrected chi connectivity index (χ4v) is 7.16. The molecule has 6 rings (SSSR count). The summed E-state index contributed by atoms with van der Waals surface area (Å²) in [5.74, 6) is -3.15. The van der Waals surface area contributed by atoms with Crippen molar-refractivity contribution in [1.29, 1.82) is 0 Å². The van der Waals surface area contributed by atoms with Gasteiger partial charge in [0.2, 0.25) is 27.4 Å². The van der Waals surface area contributed by atoms with Gasteiger partial charge in [-0.1, -0.05) is 18.2 Å². The van der Waals surface area contributed by atoms with E-state index in [4.69, 9.17) is 11.3 Å². The lowest BCUT2D eigenvalue weighted by atomic mass is 9.85. The van der Waals surface area contributed by atoms with Crippen LogP contribution >= 0.6 is 0 Å². The predicted octanol–water partition coefficient (Wildman–Crippen LogP) is 5.03. The Morgan fingerprint density at radius 3 is 2.61 bits per heavy atom. The maximum absolute atomic E-state index is 13.9. The summed E-state index contributed by atoms with van der Waals surface area (Å²) < 4.78 is 76.2. The van der Waals surface area contributed by atoms with Gasteiger partial charge in [0.1, 0.15) is 10.5 Å². The molecular weight excluding hydrogens is 601 g/mol. The Bertz CT molecular complexity index is 1980. The summed E-state index contributed by atoms with van der Waals surface area (Å²) in [6.45, 7) is 10.7. The highest BCUT2D eigenvalue weighted by Crippen LogP contribution is 2.46. The Labute approximate surface area is 249 Å². The number of ether oxygens (including phenoxy) is 1. The van der Waals surface area contributed by atoms with E-state index in [1.54, 1.807) is 32.0 Å². The van der Waals surface area contributed by atoms with Crippen LogP contribution in [0.3, 0.4) is 0 Å². The average Bonchev–Trinajstić information content (AvgIpc) is 3.57. The van der Waals surface area contributed by atoms with Crippen LogP contribution in [0.25, 0.3) is 10.5 Å². The molecule has 1 atom stereocenters. The van der Waals surface area contributed by atoms with Gasteiger partial charge < -0.3 is 9.84 Å². The molecule has 0 saturated heterocycles. The lowest BCUT2D eigenvalue weighted by Gasteiger charge is -2.25. The Morgan fingerprint density at radius 1 is 1.20 bits per heavy atom. The van der Waals surface area contributed by atoms with Gasteiger partial charge in [0.25, 0.3) is 0 Å². The maximum Gasteiger partial charge on any atom is 0.452 e.